The van der Waals surface area contributed by atoms with E-state index in [-0.39, 0.29) is 11.6 Å². The number of benzene rings is 3. The highest BCUT2D eigenvalue weighted by atomic mass is 32.1. The molecule has 0 bridgehead atoms. The molecule has 0 saturated heterocycles. The molecule has 0 spiro atoms. The molecule has 1 aliphatic carbocycles. The average Bonchev–Trinajstić information content (AvgIpc) is 3.53. The SMILES string of the molecule is O=C(Nc1nc2ccccc2s1)c1cccc2c1CN(c1ccc(-c3ccc4c(c3)CCN(CC3CCCCC3)C4)c(C(=O)O)n1)CC2. The molecule has 0 unspecified atom stereocenters. The molecule has 1 amide bonds. The molecule has 244 valence electrons. The Balaban J connectivity index is 1.01. The van der Waals surface area contributed by atoms with Gasteiger partial charge in [-0.2, -0.15) is 0 Å². The first-order valence-electron chi connectivity index (χ1n) is 17.1. The van der Waals surface area contributed by atoms with Crippen molar-refractivity contribution >= 4 is 44.4 Å². The maximum atomic E-state index is 13.5. The Morgan fingerprint density at radius 2 is 1.71 bits per heavy atom. The number of carbonyl (C=O) groups excluding carboxylic acids is 1. The van der Waals surface area contributed by atoms with Gasteiger partial charge in [0.2, 0.25) is 0 Å². The summed E-state index contributed by atoms with van der Waals surface area (Å²) in [6, 6.07) is 23.9. The number of anilines is 2. The Kier molecular flexibility index (Phi) is 8.40. The van der Waals surface area contributed by atoms with Crippen LogP contribution in [0.1, 0.15) is 75.2 Å². The third-order valence-corrected chi connectivity index (χ3v) is 11.2. The van der Waals surface area contributed by atoms with Crippen LogP contribution >= 0.6 is 11.3 Å². The summed E-state index contributed by atoms with van der Waals surface area (Å²) in [5, 5.41) is 13.9. The van der Waals surface area contributed by atoms with Crippen LogP contribution < -0.4 is 10.2 Å². The third-order valence-electron chi connectivity index (χ3n) is 10.3. The van der Waals surface area contributed by atoms with Crippen LogP contribution in [0.5, 0.6) is 0 Å². The number of rotatable bonds is 7. The number of hydrogen-bond acceptors (Lipinski definition) is 7. The van der Waals surface area contributed by atoms with Gasteiger partial charge in [0.15, 0.2) is 10.8 Å². The molecule has 0 atom stereocenters. The van der Waals surface area contributed by atoms with E-state index in [0.29, 0.717) is 35.2 Å². The number of hydrogen-bond donors (Lipinski definition) is 2. The minimum Gasteiger partial charge on any atom is -0.476 e. The van der Waals surface area contributed by atoms with E-state index in [2.05, 4.69) is 44.4 Å². The zero-order chi connectivity index (χ0) is 32.6. The Bertz CT molecular complexity index is 1980. The minimum absolute atomic E-state index is 0.0508. The summed E-state index contributed by atoms with van der Waals surface area (Å²) in [4.78, 5) is 40.0. The first-order valence-corrected chi connectivity index (χ1v) is 17.9. The number of carboxylic acid groups (broad SMARTS) is 1. The molecule has 0 radical (unpaired) electrons. The zero-order valence-electron chi connectivity index (χ0n) is 27.0. The quantitative estimate of drug-likeness (QED) is 0.184. The van der Waals surface area contributed by atoms with Crippen LogP contribution in [0, 0.1) is 5.92 Å². The zero-order valence-corrected chi connectivity index (χ0v) is 27.8. The number of nitrogens with one attached hydrogen (secondary N) is 1. The number of carbonyl (C=O) groups is 2. The highest BCUT2D eigenvalue weighted by molar-refractivity contribution is 7.22. The normalized spacial score (nSPS) is 16.8. The molecule has 3 aliphatic rings. The third kappa shape index (κ3) is 6.20. The Hall–Kier alpha value is -4.60. The summed E-state index contributed by atoms with van der Waals surface area (Å²) >= 11 is 1.45. The Labute approximate surface area is 284 Å². The van der Waals surface area contributed by atoms with Gasteiger partial charge >= 0.3 is 5.97 Å². The lowest BCUT2D eigenvalue weighted by molar-refractivity contribution is 0.0691. The van der Waals surface area contributed by atoms with E-state index in [1.54, 1.807) is 0 Å². The summed E-state index contributed by atoms with van der Waals surface area (Å²) in [6.45, 7) is 4.34. The van der Waals surface area contributed by atoms with E-state index < -0.39 is 5.97 Å². The number of thiazole rings is 1. The van der Waals surface area contributed by atoms with Crippen LogP contribution in [0.25, 0.3) is 21.3 Å². The van der Waals surface area contributed by atoms with Gasteiger partial charge in [-0.05, 0) is 89.8 Å². The van der Waals surface area contributed by atoms with E-state index in [1.165, 1.54) is 61.1 Å². The van der Waals surface area contributed by atoms with Crippen molar-refractivity contribution in [3.63, 3.8) is 0 Å². The molecule has 9 heteroatoms. The molecule has 2 aromatic heterocycles. The summed E-state index contributed by atoms with van der Waals surface area (Å²) in [5.41, 5.74) is 7.72. The number of aromatic nitrogens is 2. The average molecular weight is 658 g/mol. The second-order valence-electron chi connectivity index (χ2n) is 13.4. The second kappa shape index (κ2) is 13.1. The Morgan fingerprint density at radius 3 is 2.56 bits per heavy atom. The lowest BCUT2D eigenvalue weighted by atomic mass is 9.88. The van der Waals surface area contributed by atoms with Crippen molar-refractivity contribution in [3.05, 3.63) is 106 Å². The molecular weight excluding hydrogens is 619 g/mol. The van der Waals surface area contributed by atoms with Crippen molar-refractivity contribution in [1.82, 2.24) is 14.9 Å². The maximum absolute atomic E-state index is 13.5. The van der Waals surface area contributed by atoms with E-state index in [9.17, 15) is 14.7 Å². The number of nitrogens with zero attached hydrogens (tertiary/aromatic N) is 4. The van der Waals surface area contributed by atoms with Crippen molar-refractivity contribution in [3.8, 4) is 11.1 Å². The molecular formula is C39H39N5O3S. The van der Waals surface area contributed by atoms with Crippen LogP contribution in [-0.2, 0) is 25.9 Å². The van der Waals surface area contributed by atoms with Gasteiger partial charge in [0.05, 0.1) is 10.2 Å². The Morgan fingerprint density at radius 1 is 0.854 bits per heavy atom. The summed E-state index contributed by atoms with van der Waals surface area (Å²) in [6.07, 6.45) is 8.54. The van der Waals surface area contributed by atoms with E-state index in [4.69, 9.17) is 4.98 Å². The largest absolute Gasteiger partial charge is 0.476 e. The van der Waals surface area contributed by atoms with Crippen molar-refractivity contribution in [2.75, 3.05) is 29.9 Å². The fourth-order valence-electron chi connectivity index (χ4n) is 7.77. The van der Waals surface area contributed by atoms with Crippen LogP contribution in [0.15, 0.2) is 72.8 Å². The van der Waals surface area contributed by atoms with E-state index in [1.807, 2.05) is 48.5 Å². The molecule has 5 aromatic rings. The topological polar surface area (TPSA) is 98.7 Å². The molecule has 8 rings (SSSR count). The lowest BCUT2D eigenvalue weighted by Crippen LogP contribution is -2.35. The molecule has 2 N–H and O–H groups in total. The number of amides is 1. The van der Waals surface area contributed by atoms with E-state index >= 15 is 0 Å². The van der Waals surface area contributed by atoms with Gasteiger partial charge in [0.25, 0.3) is 5.91 Å². The first kappa shape index (κ1) is 30.7. The molecule has 1 fully saturated rings. The summed E-state index contributed by atoms with van der Waals surface area (Å²) < 4.78 is 1.02. The van der Waals surface area contributed by atoms with Crippen molar-refractivity contribution in [2.24, 2.45) is 5.92 Å². The molecule has 48 heavy (non-hydrogen) atoms. The van der Waals surface area contributed by atoms with Gasteiger partial charge in [-0.25, -0.2) is 14.8 Å². The summed E-state index contributed by atoms with van der Waals surface area (Å²) in [5.74, 6) is 0.173. The van der Waals surface area contributed by atoms with Gasteiger partial charge in [-0.1, -0.05) is 73.1 Å². The molecule has 1 saturated carbocycles. The van der Waals surface area contributed by atoms with Crippen molar-refractivity contribution in [1.29, 1.82) is 0 Å². The van der Waals surface area contributed by atoms with Crippen molar-refractivity contribution < 1.29 is 14.7 Å². The van der Waals surface area contributed by atoms with Crippen LogP contribution in [0.2, 0.25) is 0 Å². The highest BCUT2D eigenvalue weighted by Gasteiger charge is 2.26. The second-order valence-corrected chi connectivity index (χ2v) is 14.4. The minimum atomic E-state index is -1.04. The van der Waals surface area contributed by atoms with Crippen LogP contribution in [-0.4, -0.2) is 51.5 Å². The number of para-hydroxylation sites is 1. The first-order chi connectivity index (χ1) is 23.5. The van der Waals surface area contributed by atoms with Crippen molar-refractivity contribution in [2.45, 2.75) is 58.0 Å². The number of aromatic carboxylic acids is 1. The number of carboxylic acids is 1. The van der Waals surface area contributed by atoms with Gasteiger partial charge in [-0.15, -0.1) is 0 Å². The van der Waals surface area contributed by atoms with E-state index in [0.717, 1.165) is 58.8 Å². The number of pyridine rings is 1. The monoisotopic (exact) mass is 657 g/mol. The fraction of sp³-hybridized carbons (Fsp3) is 0.333. The molecule has 8 nitrogen and oxygen atoms in total. The maximum Gasteiger partial charge on any atom is 0.355 e. The smallest absolute Gasteiger partial charge is 0.355 e. The molecule has 2 aliphatic heterocycles. The summed E-state index contributed by atoms with van der Waals surface area (Å²) in [7, 11) is 0. The van der Waals surface area contributed by atoms with Gasteiger partial charge in [0, 0.05) is 43.9 Å². The highest BCUT2D eigenvalue weighted by Crippen LogP contribution is 2.33. The molecule has 4 heterocycles. The van der Waals surface area contributed by atoms with Crippen LogP contribution in [0.3, 0.4) is 0 Å². The lowest BCUT2D eigenvalue weighted by Gasteiger charge is -2.33. The predicted octanol–water partition coefficient (Wildman–Crippen LogP) is 7.81. The standard InChI is InChI=1S/C39H39N5O3S/c45-37(42-39-40-33-11-4-5-12-34(33)48-39)31-10-6-9-26-18-20-44(24-32(26)31)35-16-15-30(36(41-35)38(46)47)28-13-14-29-23-43(19-17-27(29)21-28)22-25-7-2-1-3-8-25/h4-6,9-16,21,25H,1-3,7-8,17-20,22-24H2,(H,46,47)(H,40,42,45). The van der Waals surface area contributed by atoms with Crippen LogP contribution in [0.4, 0.5) is 10.9 Å². The fourth-order valence-corrected chi connectivity index (χ4v) is 8.63. The predicted molar refractivity (Wildman–Crippen MR) is 191 cm³/mol. The van der Waals surface area contributed by atoms with Gasteiger partial charge < -0.3 is 10.0 Å². The number of fused-ring (bicyclic) bond motifs is 3. The molecule has 3 aromatic carbocycles. The van der Waals surface area contributed by atoms with Gasteiger partial charge in [0.1, 0.15) is 5.82 Å². The van der Waals surface area contributed by atoms with Gasteiger partial charge in [-0.3, -0.25) is 15.0 Å².